The molecule has 1 aromatic heterocycles. The Kier molecular flexibility index (Phi) is 3.73. The zero-order valence-corrected chi connectivity index (χ0v) is 14.3. The summed E-state index contributed by atoms with van der Waals surface area (Å²) in [6, 6.07) is 7.86. The second-order valence-electron chi connectivity index (χ2n) is 6.14. The molecule has 5 nitrogen and oxygen atoms in total. The summed E-state index contributed by atoms with van der Waals surface area (Å²) in [5, 5.41) is 10.5. The number of aliphatic hydroxyl groups is 1. The van der Waals surface area contributed by atoms with Crippen molar-refractivity contribution in [1.29, 1.82) is 0 Å². The van der Waals surface area contributed by atoms with E-state index in [2.05, 4.69) is 25.5 Å². The third-order valence-corrected chi connectivity index (χ3v) is 5.52. The van der Waals surface area contributed by atoms with Gasteiger partial charge in [-0.1, -0.05) is 24.3 Å². The predicted octanol–water partition coefficient (Wildman–Crippen LogP) is 2.32. The number of hydrogen-bond acceptors (Lipinski definition) is 3. The van der Waals surface area contributed by atoms with Gasteiger partial charge in [-0.2, -0.15) is 0 Å². The number of rotatable bonds is 1. The summed E-state index contributed by atoms with van der Waals surface area (Å²) in [5.74, 6) is 0.865. The number of imidazole rings is 1. The van der Waals surface area contributed by atoms with Crippen LogP contribution in [-0.2, 0) is 19.4 Å². The van der Waals surface area contributed by atoms with Crippen molar-refractivity contribution in [2.45, 2.75) is 31.9 Å². The summed E-state index contributed by atoms with van der Waals surface area (Å²) in [7, 11) is 0. The largest absolute Gasteiger partial charge is 0.387 e. The fourth-order valence-electron chi connectivity index (χ4n) is 3.50. The summed E-state index contributed by atoms with van der Waals surface area (Å²) in [5.41, 5.74) is 2.51. The second kappa shape index (κ2) is 5.76. The molecular weight excluding hydrogens is 358 g/mol. The molecule has 2 aliphatic rings. The average molecular weight is 376 g/mol. The van der Waals surface area contributed by atoms with E-state index in [0.717, 1.165) is 47.4 Å². The molecule has 3 heterocycles. The molecule has 1 atom stereocenters. The topological polar surface area (TPSA) is 58.4 Å². The van der Waals surface area contributed by atoms with Crippen LogP contribution in [0.2, 0.25) is 0 Å². The van der Waals surface area contributed by atoms with Gasteiger partial charge in [-0.3, -0.25) is 4.79 Å². The highest BCUT2D eigenvalue weighted by Crippen LogP contribution is 2.28. The lowest BCUT2D eigenvalue weighted by Crippen LogP contribution is -2.35. The van der Waals surface area contributed by atoms with Crippen LogP contribution in [0.3, 0.4) is 0 Å². The summed E-state index contributed by atoms with van der Waals surface area (Å²) in [6.07, 6.45) is 2.10. The molecule has 1 N–H and O–H groups in total. The molecule has 1 amide bonds. The molecule has 120 valence electrons. The third kappa shape index (κ3) is 2.50. The van der Waals surface area contributed by atoms with E-state index in [4.69, 9.17) is 0 Å². The normalized spacial score (nSPS) is 20.1. The monoisotopic (exact) mass is 375 g/mol. The van der Waals surface area contributed by atoms with E-state index in [1.807, 2.05) is 24.3 Å². The van der Waals surface area contributed by atoms with Crippen molar-refractivity contribution in [1.82, 2.24) is 14.5 Å². The number of nitrogens with zero attached hydrogens (tertiary/aromatic N) is 3. The van der Waals surface area contributed by atoms with Gasteiger partial charge >= 0.3 is 0 Å². The minimum absolute atomic E-state index is 0.106. The van der Waals surface area contributed by atoms with Crippen LogP contribution in [0.25, 0.3) is 0 Å². The SMILES string of the molecule is O=C(c1nc2n(c1Br)CCC2)N1CCc2ccccc2C(O)C1. The first kappa shape index (κ1) is 14.9. The van der Waals surface area contributed by atoms with Crippen LogP contribution in [0.5, 0.6) is 0 Å². The maximum atomic E-state index is 12.9. The summed E-state index contributed by atoms with van der Waals surface area (Å²) in [6.45, 7) is 1.82. The van der Waals surface area contributed by atoms with Crippen LogP contribution in [0, 0.1) is 0 Å². The van der Waals surface area contributed by atoms with Gasteiger partial charge in [0.05, 0.1) is 12.6 Å². The number of benzene rings is 1. The molecule has 1 unspecified atom stereocenters. The number of aromatic nitrogens is 2. The first-order valence-corrected chi connectivity index (χ1v) is 8.74. The van der Waals surface area contributed by atoms with E-state index >= 15 is 0 Å². The molecule has 6 heteroatoms. The van der Waals surface area contributed by atoms with Crippen LogP contribution < -0.4 is 0 Å². The highest BCUT2D eigenvalue weighted by Gasteiger charge is 2.30. The third-order valence-electron chi connectivity index (χ3n) is 4.72. The lowest BCUT2D eigenvalue weighted by atomic mass is 10.0. The predicted molar refractivity (Wildman–Crippen MR) is 89.3 cm³/mol. The van der Waals surface area contributed by atoms with Crippen LogP contribution in [0.15, 0.2) is 28.9 Å². The Labute approximate surface area is 143 Å². The number of hydrogen-bond donors (Lipinski definition) is 1. The first-order valence-electron chi connectivity index (χ1n) is 7.95. The molecule has 0 radical (unpaired) electrons. The standard InChI is InChI=1S/C17H18BrN3O2/c18-16-15(19-14-6-3-8-21(14)16)17(23)20-9-7-11-4-1-2-5-12(11)13(22)10-20/h1-2,4-5,13,22H,3,6-10H2. The Morgan fingerprint density at radius 3 is 2.91 bits per heavy atom. The van der Waals surface area contributed by atoms with Gasteiger partial charge in [-0.25, -0.2) is 4.98 Å². The van der Waals surface area contributed by atoms with E-state index < -0.39 is 6.10 Å². The molecule has 0 saturated carbocycles. The van der Waals surface area contributed by atoms with Gasteiger partial charge in [0.15, 0.2) is 5.69 Å². The van der Waals surface area contributed by atoms with Gasteiger partial charge < -0.3 is 14.6 Å². The van der Waals surface area contributed by atoms with Crippen molar-refractivity contribution in [2.75, 3.05) is 13.1 Å². The number of β-amino-alcohol motifs (C(OH)–C–C–N with tert-alkyl or cyclic N) is 1. The fraction of sp³-hybridized carbons (Fsp3) is 0.412. The maximum Gasteiger partial charge on any atom is 0.275 e. The lowest BCUT2D eigenvalue weighted by molar-refractivity contribution is 0.0637. The molecule has 2 aromatic rings. The Balaban J connectivity index is 1.61. The van der Waals surface area contributed by atoms with Gasteiger partial charge in [-0.05, 0) is 39.9 Å². The molecule has 4 rings (SSSR count). The molecule has 0 fully saturated rings. The zero-order chi connectivity index (χ0) is 16.0. The van der Waals surface area contributed by atoms with Crippen LogP contribution in [-0.4, -0.2) is 38.6 Å². The van der Waals surface area contributed by atoms with Gasteiger partial charge in [0.25, 0.3) is 5.91 Å². The van der Waals surface area contributed by atoms with Crippen LogP contribution >= 0.6 is 15.9 Å². The Morgan fingerprint density at radius 2 is 2.09 bits per heavy atom. The quantitative estimate of drug-likeness (QED) is 0.831. The van der Waals surface area contributed by atoms with E-state index in [1.54, 1.807) is 4.90 Å². The number of fused-ring (bicyclic) bond motifs is 2. The lowest BCUT2D eigenvalue weighted by Gasteiger charge is -2.21. The van der Waals surface area contributed by atoms with Crippen molar-refractivity contribution < 1.29 is 9.90 Å². The Bertz CT molecular complexity index is 771. The molecule has 0 aliphatic carbocycles. The van der Waals surface area contributed by atoms with Gasteiger partial charge in [0, 0.05) is 19.5 Å². The molecule has 0 spiro atoms. The summed E-state index contributed by atoms with van der Waals surface area (Å²) < 4.78 is 2.84. The highest BCUT2D eigenvalue weighted by molar-refractivity contribution is 9.10. The van der Waals surface area contributed by atoms with Crippen molar-refractivity contribution in [3.63, 3.8) is 0 Å². The Morgan fingerprint density at radius 1 is 1.26 bits per heavy atom. The van der Waals surface area contributed by atoms with E-state index in [-0.39, 0.29) is 5.91 Å². The molecule has 2 aliphatic heterocycles. The van der Waals surface area contributed by atoms with Crippen molar-refractivity contribution in [2.24, 2.45) is 0 Å². The first-order chi connectivity index (χ1) is 11.1. The van der Waals surface area contributed by atoms with Crippen LogP contribution in [0.1, 0.15) is 40.0 Å². The van der Waals surface area contributed by atoms with Gasteiger partial charge in [0.2, 0.25) is 0 Å². The van der Waals surface area contributed by atoms with Crippen molar-refractivity contribution in [3.8, 4) is 0 Å². The fourth-order valence-corrected chi connectivity index (χ4v) is 4.14. The molecular formula is C17H18BrN3O2. The second-order valence-corrected chi connectivity index (χ2v) is 6.89. The minimum atomic E-state index is -0.647. The molecule has 23 heavy (non-hydrogen) atoms. The van der Waals surface area contributed by atoms with Crippen LogP contribution in [0.4, 0.5) is 0 Å². The van der Waals surface area contributed by atoms with Crippen molar-refractivity contribution >= 4 is 21.8 Å². The summed E-state index contributed by atoms with van der Waals surface area (Å²) >= 11 is 3.52. The van der Waals surface area contributed by atoms with Crippen molar-refractivity contribution in [3.05, 3.63) is 51.5 Å². The number of halogens is 1. The molecule has 0 saturated heterocycles. The zero-order valence-electron chi connectivity index (χ0n) is 12.7. The summed E-state index contributed by atoms with van der Waals surface area (Å²) in [4.78, 5) is 19.1. The highest BCUT2D eigenvalue weighted by atomic mass is 79.9. The smallest absolute Gasteiger partial charge is 0.275 e. The average Bonchev–Trinajstić information content (AvgIpc) is 3.09. The van der Waals surface area contributed by atoms with E-state index in [0.29, 0.717) is 18.8 Å². The number of carbonyl (C=O) groups is 1. The van der Waals surface area contributed by atoms with E-state index in [9.17, 15) is 9.90 Å². The number of aliphatic hydroxyl groups excluding tert-OH is 1. The number of aryl methyl sites for hydroxylation is 1. The van der Waals surface area contributed by atoms with Gasteiger partial charge in [0.1, 0.15) is 10.4 Å². The Hall–Kier alpha value is -1.66. The number of carbonyl (C=O) groups excluding carboxylic acids is 1. The molecule has 1 aromatic carbocycles. The minimum Gasteiger partial charge on any atom is -0.387 e. The van der Waals surface area contributed by atoms with E-state index in [1.165, 1.54) is 0 Å². The van der Waals surface area contributed by atoms with Gasteiger partial charge in [-0.15, -0.1) is 0 Å². The maximum absolute atomic E-state index is 12.9. The number of amides is 1. The molecule has 0 bridgehead atoms.